The molecule has 1 saturated heterocycles. The van der Waals surface area contributed by atoms with Crippen molar-refractivity contribution in [2.45, 2.75) is 38.8 Å². The number of alkyl halides is 3. The van der Waals surface area contributed by atoms with Gasteiger partial charge in [-0.1, -0.05) is 17.7 Å². The lowest BCUT2D eigenvalue weighted by Gasteiger charge is -2.38. The van der Waals surface area contributed by atoms with Crippen molar-refractivity contribution >= 4 is 11.5 Å². The van der Waals surface area contributed by atoms with Crippen LogP contribution < -0.4 is 4.74 Å². The van der Waals surface area contributed by atoms with Crippen LogP contribution in [0, 0.1) is 11.7 Å². The summed E-state index contributed by atoms with van der Waals surface area (Å²) in [6, 6.07) is 9.04. The summed E-state index contributed by atoms with van der Waals surface area (Å²) in [5.41, 5.74) is 4.12. The number of allylic oxidation sites excluding steroid dienone is 1. The number of likely N-dealkylation sites (tertiary alicyclic amines) is 1. The summed E-state index contributed by atoms with van der Waals surface area (Å²) in [7, 11) is 0. The van der Waals surface area contributed by atoms with E-state index < -0.39 is 23.5 Å². The number of fused-ring (bicyclic) bond motifs is 1. The number of hydrogen-bond acceptors (Lipinski definition) is 3. The van der Waals surface area contributed by atoms with E-state index in [-0.39, 0.29) is 5.92 Å². The summed E-state index contributed by atoms with van der Waals surface area (Å²) in [5.74, 6) is -1.53. The molecule has 1 N–H and O–H groups in total. The lowest BCUT2D eigenvalue weighted by atomic mass is 9.85. The van der Waals surface area contributed by atoms with Gasteiger partial charge in [-0.25, -0.2) is 4.39 Å². The van der Waals surface area contributed by atoms with Crippen molar-refractivity contribution in [3.8, 4) is 5.75 Å². The predicted molar refractivity (Wildman–Crippen MR) is 120 cm³/mol. The fourth-order valence-electron chi connectivity index (χ4n) is 4.63. The molecule has 0 unspecified atom stereocenters. The molecule has 1 aliphatic heterocycles. The number of nitrogens with zero attached hydrogens (tertiary/aromatic N) is 1. The summed E-state index contributed by atoms with van der Waals surface area (Å²) in [6.07, 6.45) is -2.04. The Morgan fingerprint density at radius 2 is 1.91 bits per heavy atom. The average molecular weight is 477 g/mol. The molecular formula is C26H27F4NO3. The van der Waals surface area contributed by atoms with Crippen LogP contribution in [0.4, 0.5) is 17.6 Å². The Hall–Kier alpha value is -2.87. The van der Waals surface area contributed by atoms with E-state index >= 15 is 0 Å². The van der Waals surface area contributed by atoms with E-state index in [2.05, 4.69) is 11.8 Å². The zero-order valence-electron chi connectivity index (χ0n) is 18.9. The number of aryl methyl sites for hydroxylation is 2. The van der Waals surface area contributed by atoms with Crippen molar-refractivity contribution in [1.82, 2.24) is 4.90 Å². The van der Waals surface area contributed by atoms with Crippen molar-refractivity contribution in [3.63, 3.8) is 0 Å². The highest BCUT2D eigenvalue weighted by Crippen LogP contribution is 2.35. The number of hydrogen-bond donors (Lipinski definition) is 1. The fourth-order valence-corrected chi connectivity index (χ4v) is 4.63. The van der Waals surface area contributed by atoms with Crippen LogP contribution in [-0.4, -0.2) is 42.2 Å². The van der Waals surface area contributed by atoms with Gasteiger partial charge in [-0.15, -0.1) is 0 Å². The van der Waals surface area contributed by atoms with Crippen LogP contribution in [0.1, 0.15) is 42.0 Å². The highest BCUT2D eigenvalue weighted by molar-refractivity contribution is 5.73. The first-order valence-corrected chi connectivity index (χ1v) is 11.4. The molecule has 34 heavy (non-hydrogen) atoms. The summed E-state index contributed by atoms with van der Waals surface area (Å²) in [6.45, 7) is 4.44. The zero-order valence-corrected chi connectivity index (χ0v) is 18.9. The minimum atomic E-state index is -4.71. The van der Waals surface area contributed by atoms with Crippen LogP contribution in [0.3, 0.4) is 0 Å². The van der Waals surface area contributed by atoms with Crippen LogP contribution in [0.2, 0.25) is 0 Å². The normalized spacial score (nSPS) is 16.9. The van der Waals surface area contributed by atoms with E-state index in [0.717, 1.165) is 37.3 Å². The average Bonchev–Trinajstić information content (AvgIpc) is 2.74. The molecule has 0 bridgehead atoms. The Kier molecular flexibility index (Phi) is 6.98. The molecule has 1 aliphatic carbocycles. The first-order chi connectivity index (χ1) is 16.1. The first-order valence-electron chi connectivity index (χ1n) is 11.4. The molecule has 0 radical (unpaired) electrons. The molecule has 182 valence electrons. The van der Waals surface area contributed by atoms with Gasteiger partial charge in [0.2, 0.25) is 0 Å². The van der Waals surface area contributed by atoms with E-state index in [0.29, 0.717) is 38.1 Å². The Morgan fingerprint density at radius 3 is 2.62 bits per heavy atom. The van der Waals surface area contributed by atoms with Crippen molar-refractivity contribution in [3.05, 3.63) is 70.0 Å². The van der Waals surface area contributed by atoms with Gasteiger partial charge >= 0.3 is 12.1 Å². The maximum absolute atomic E-state index is 13.4. The standard InChI is InChI=1S/C26H27F4NO3/c1-16-19(13-31-14-20(15-31)25(32)33)6-5-18-12-21(7-8-22(16)18)34-10-2-3-17-4-9-24(27)23(11-17)26(28,29)30/h4,7-9,11-12,20H,2-3,5-6,10,13-15H2,1H3,(H,32,33). The SMILES string of the molecule is CC1=C(CN2CC(C(=O)O)C2)CCc2cc(OCCCc3ccc(F)c(C(F)(F)F)c3)ccc21. The first kappa shape index (κ1) is 24.3. The van der Waals surface area contributed by atoms with Crippen molar-refractivity contribution in [2.75, 3.05) is 26.2 Å². The molecule has 2 aromatic carbocycles. The van der Waals surface area contributed by atoms with E-state index in [1.165, 1.54) is 28.3 Å². The molecule has 1 heterocycles. The van der Waals surface area contributed by atoms with Gasteiger partial charge in [-0.05, 0) is 79.1 Å². The Morgan fingerprint density at radius 1 is 1.15 bits per heavy atom. The van der Waals surface area contributed by atoms with Crippen LogP contribution in [0.25, 0.3) is 5.57 Å². The topological polar surface area (TPSA) is 49.8 Å². The smallest absolute Gasteiger partial charge is 0.419 e. The number of aliphatic carboxylic acids is 1. The number of carboxylic acids is 1. The number of rotatable bonds is 8. The molecule has 2 aliphatic rings. The number of carboxylic acid groups (broad SMARTS) is 1. The van der Waals surface area contributed by atoms with Gasteiger partial charge in [-0.2, -0.15) is 13.2 Å². The Bertz CT molecular complexity index is 1100. The van der Waals surface area contributed by atoms with Gasteiger partial charge in [0.1, 0.15) is 11.6 Å². The maximum Gasteiger partial charge on any atom is 0.419 e. The van der Waals surface area contributed by atoms with E-state index in [9.17, 15) is 22.4 Å². The van der Waals surface area contributed by atoms with Gasteiger partial charge in [-0.3, -0.25) is 9.69 Å². The van der Waals surface area contributed by atoms with Crippen LogP contribution in [-0.2, 0) is 23.8 Å². The molecule has 0 amide bonds. The Balaban J connectivity index is 1.30. The largest absolute Gasteiger partial charge is 0.494 e. The molecule has 1 fully saturated rings. The van der Waals surface area contributed by atoms with E-state index in [4.69, 9.17) is 9.84 Å². The fraction of sp³-hybridized carbons (Fsp3) is 0.423. The van der Waals surface area contributed by atoms with Crippen molar-refractivity contribution in [1.29, 1.82) is 0 Å². The molecule has 8 heteroatoms. The molecule has 0 atom stereocenters. The minimum Gasteiger partial charge on any atom is -0.494 e. The molecule has 0 spiro atoms. The number of halogens is 4. The highest BCUT2D eigenvalue weighted by atomic mass is 19.4. The van der Waals surface area contributed by atoms with E-state index in [1.807, 2.05) is 18.2 Å². The number of ether oxygens (including phenoxy) is 1. The molecule has 0 saturated carbocycles. The van der Waals surface area contributed by atoms with Gasteiger partial charge in [0.25, 0.3) is 0 Å². The van der Waals surface area contributed by atoms with Crippen LogP contribution in [0.15, 0.2) is 42.0 Å². The minimum absolute atomic E-state index is 0.258. The molecule has 4 rings (SSSR count). The zero-order chi connectivity index (χ0) is 24.5. The summed E-state index contributed by atoms with van der Waals surface area (Å²) in [5, 5.41) is 9.05. The molecule has 0 aromatic heterocycles. The molecular weight excluding hydrogens is 450 g/mol. The summed E-state index contributed by atoms with van der Waals surface area (Å²) in [4.78, 5) is 13.2. The second-order valence-electron chi connectivity index (χ2n) is 9.04. The van der Waals surface area contributed by atoms with Crippen molar-refractivity contribution < 1.29 is 32.2 Å². The second-order valence-corrected chi connectivity index (χ2v) is 9.04. The van der Waals surface area contributed by atoms with Gasteiger partial charge in [0.15, 0.2) is 0 Å². The quantitative estimate of drug-likeness (QED) is 0.398. The third kappa shape index (κ3) is 5.43. The lowest BCUT2D eigenvalue weighted by Crippen LogP contribution is -2.50. The van der Waals surface area contributed by atoms with E-state index in [1.54, 1.807) is 0 Å². The summed E-state index contributed by atoms with van der Waals surface area (Å²) < 4.78 is 57.8. The summed E-state index contributed by atoms with van der Waals surface area (Å²) >= 11 is 0. The van der Waals surface area contributed by atoms with Gasteiger partial charge in [0, 0.05) is 19.6 Å². The van der Waals surface area contributed by atoms with Gasteiger partial charge < -0.3 is 9.84 Å². The molecule has 4 nitrogen and oxygen atoms in total. The van der Waals surface area contributed by atoms with Gasteiger partial charge in [0.05, 0.1) is 18.1 Å². The second kappa shape index (κ2) is 9.78. The number of carbonyl (C=O) groups is 1. The van der Waals surface area contributed by atoms with Crippen LogP contribution >= 0.6 is 0 Å². The third-order valence-corrected chi connectivity index (χ3v) is 6.64. The monoisotopic (exact) mass is 477 g/mol. The lowest BCUT2D eigenvalue weighted by molar-refractivity contribution is -0.147. The predicted octanol–water partition coefficient (Wildman–Crippen LogP) is 5.59. The Labute approximate surface area is 195 Å². The highest BCUT2D eigenvalue weighted by Gasteiger charge is 2.34. The maximum atomic E-state index is 13.4. The third-order valence-electron chi connectivity index (χ3n) is 6.64. The number of benzene rings is 2. The van der Waals surface area contributed by atoms with Crippen LogP contribution in [0.5, 0.6) is 5.75 Å². The molecule has 2 aromatic rings. The van der Waals surface area contributed by atoms with Crippen molar-refractivity contribution in [2.24, 2.45) is 5.92 Å².